The van der Waals surface area contributed by atoms with Crippen LogP contribution in [0.1, 0.15) is 44.2 Å². The molecule has 3 nitrogen and oxygen atoms in total. The van der Waals surface area contributed by atoms with Gasteiger partial charge in [0.2, 0.25) is 0 Å². The summed E-state index contributed by atoms with van der Waals surface area (Å²) in [7, 11) is 0. The largest absolute Gasteiger partial charge is 0.370 e. The molecule has 2 heterocycles. The first kappa shape index (κ1) is 13.9. The molecule has 0 spiro atoms. The number of anilines is 1. The molecule has 2 fully saturated rings. The second kappa shape index (κ2) is 6.15. The summed E-state index contributed by atoms with van der Waals surface area (Å²) >= 11 is 0. The van der Waals surface area contributed by atoms with Crippen LogP contribution in [0.2, 0.25) is 0 Å². The van der Waals surface area contributed by atoms with Crippen molar-refractivity contribution in [3.05, 3.63) is 29.8 Å². The zero-order valence-corrected chi connectivity index (χ0v) is 12.6. The number of rotatable bonds is 3. The highest BCUT2D eigenvalue weighted by molar-refractivity contribution is 5.48. The molecule has 1 aromatic carbocycles. The number of benzene rings is 1. The monoisotopic (exact) mass is 273 g/mol. The van der Waals surface area contributed by atoms with Gasteiger partial charge < -0.3 is 10.6 Å². The molecule has 110 valence electrons. The lowest BCUT2D eigenvalue weighted by Gasteiger charge is -2.27. The molecule has 2 atom stereocenters. The van der Waals surface area contributed by atoms with Crippen molar-refractivity contribution >= 4 is 5.69 Å². The number of hydrogen-bond donors (Lipinski definition) is 1. The van der Waals surface area contributed by atoms with Crippen LogP contribution in [0.4, 0.5) is 5.69 Å². The van der Waals surface area contributed by atoms with E-state index in [2.05, 4.69) is 41.0 Å². The number of hydrogen-bond acceptors (Lipinski definition) is 3. The van der Waals surface area contributed by atoms with Gasteiger partial charge in [-0.1, -0.05) is 19.1 Å². The first-order valence-corrected chi connectivity index (χ1v) is 8.12. The maximum atomic E-state index is 6.10. The van der Waals surface area contributed by atoms with Crippen molar-refractivity contribution in [2.24, 2.45) is 5.73 Å². The quantitative estimate of drug-likeness (QED) is 0.919. The molecular formula is C17H27N3. The van der Waals surface area contributed by atoms with Crippen LogP contribution in [-0.4, -0.2) is 37.1 Å². The maximum absolute atomic E-state index is 6.10. The third-order valence-electron chi connectivity index (χ3n) is 4.93. The summed E-state index contributed by atoms with van der Waals surface area (Å²) in [6.07, 6.45) is 5.03. The van der Waals surface area contributed by atoms with Crippen LogP contribution in [0.25, 0.3) is 0 Å². The van der Waals surface area contributed by atoms with Crippen molar-refractivity contribution in [2.75, 3.05) is 31.1 Å². The van der Waals surface area contributed by atoms with Gasteiger partial charge in [-0.2, -0.15) is 0 Å². The van der Waals surface area contributed by atoms with Gasteiger partial charge in [0.15, 0.2) is 0 Å². The molecule has 0 aliphatic carbocycles. The van der Waals surface area contributed by atoms with Crippen molar-refractivity contribution in [3.8, 4) is 0 Å². The van der Waals surface area contributed by atoms with Crippen LogP contribution < -0.4 is 10.6 Å². The minimum atomic E-state index is 0.179. The summed E-state index contributed by atoms with van der Waals surface area (Å²) in [5.74, 6) is 0. The Morgan fingerprint density at radius 1 is 1.15 bits per heavy atom. The van der Waals surface area contributed by atoms with E-state index >= 15 is 0 Å². The van der Waals surface area contributed by atoms with Crippen LogP contribution in [0.5, 0.6) is 0 Å². The Kier molecular flexibility index (Phi) is 4.27. The van der Waals surface area contributed by atoms with Gasteiger partial charge in [0, 0.05) is 37.4 Å². The predicted molar refractivity (Wildman–Crippen MR) is 85.1 cm³/mol. The van der Waals surface area contributed by atoms with E-state index in [0.717, 1.165) is 12.5 Å². The molecule has 0 aromatic heterocycles. The lowest BCUT2D eigenvalue weighted by Crippen LogP contribution is -2.36. The van der Waals surface area contributed by atoms with E-state index in [4.69, 9.17) is 5.73 Å². The van der Waals surface area contributed by atoms with Gasteiger partial charge >= 0.3 is 0 Å². The van der Waals surface area contributed by atoms with Crippen molar-refractivity contribution in [1.29, 1.82) is 0 Å². The SMILES string of the molecule is CC[C@@H](N)c1ccc(N2CCCN3CCCC3C2)cc1. The van der Waals surface area contributed by atoms with E-state index in [0.29, 0.717) is 0 Å². The molecule has 2 aliphatic rings. The molecule has 2 N–H and O–H groups in total. The van der Waals surface area contributed by atoms with E-state index in [-0.39, 0.29) is 6.04 Å². The van der Waals surface area contributed by atoms with Crippen molar-refractivity contribution in [1.82, 2.24) is 4.90 Å². The summed E-state index contributed by atoms with van der Waals surface area (Å²) < 4.78 is 0. The fourth-order valence-electron chi connectivity index (χ4n) is 3.61. The van der Waals surface area contributed by atoms with Crippen LogP contribution in [0.3, 0.4) is 0 Å². The lowest BCUT2D eigenvalue weighted by atomic mass is 10.0. The number of nitrogens with zero attached hydrogens (tertiary/aromatic N) is 2. The zero-order valence-electron chi connectivity index (χ0n) is 12.6. The molecule has 2 saturated heterocycles. The summed E-state index contributed by atoms with van der Waals surface area (Å²) in [5, 5.41) is 0. The van der Waals surface area contributed by atoms with Gasteiger partial charge in [-0.05, 0) is 49.9 Å². The topological polar surface area (TPSA) is 32.5 Å². The molecule has 1 aromatic rings. The number of nitrogens with two attached hydrogens (primary N) is 1. The van der Waals surface area contributed by atoms with Gasteiger partial charge in [0.25, 0.3) is 0 Å². The minimum Gasteiger partial charge on any atom is -0.370 e. The summed E-state index contributed by atoms with van der Waals surface area (Å²) in [6, 6.07) is 9.89. The third-order valence-corrected chi connectivity index (χ3v) is 4.93. The molecule has 0 radical (unpaired) electrons. The first-order chi connectivity index (χ1) is 9.78. The van der Waals surface area contributed by atoms with Crippen LogP contribution in [0.15, 0.2) is 24.3 Å². The Labute approximate surface area is 122 Å². The van der Waals surface area contributed by atoms with Gasteiger partial charge in [0.1, 0.15) is 0 Å². The van der Waals surface area contributed by atoms with E-state index in [1.165, 1.54) is 56.7 Å². The van der Waals surface area contributed by atoms with Crippen LogP contribution in [0, 0.1) is 0 Å². The zero-order chi connectivity index (χ0) is 13.9. The van der Waals surface area contributed by atoms with Gasteiger partial charge in [-0.25, -0.2) is 0 Å². The average molecular weight is 273 g/mol. The van der Waals surface area contributed by atoms with E-state index in [1.54, 1.807) is 0 Å². The fraction of sp³-hybridized carbons (Fsp3) is 0.647. The Morgan fingerprint density at radius 2 is 1.90 bits per heavy atom. The van der Waals surface area contributed by atoms with E-state index in [9.17, 15) is 0 Å². The molecular weight excluding hydrogens is 246 g/mol. The minimum absolute atomic E-state index is 0.179. The summed E-state index contributed by atoms with van der Waals surface area (Å²) in [5.41, 5.74) is 8.72. The Balaban J connectivity index is 1.71. The molecule has 20 heavy (non-hydrogen) atoms. The van der Waals surface area contributed by atoms with Crippen molar-refractivity contribution < 1.29 is 0 Å². The maximum Gasteiger partial charge on any atom is 0.0366 e. The summed E-state index contributed by atoms with van der Waals surface area (Å²) in [6.45, 7) is 7.11. The molecule has 3 heteroatoms. The van der Waals surface area contributed by atoms with Gasteiger partial charge in [-0.3, -0.25) is 4.90 Å². The van der Waals surface area contributed by atoms with Crippen molar-refractivity contribution in [2.45, 2.75) is 44.7 Å². The molecule has 2 aliphatic heterocycles. The standard InChI is InChI=1S/C17H27N3/c1-2-17(18)14-6-8-15(9-7-14)20-12-4-11-19-10-3-5-16(19)13-20/h6-9,16-17H,2-5,10-13,18H2,1H3/t16?,17-/m1/s1. The highest BCUT2D eigenvalue weighted by Gasteiger charge is 2.28. The highest BCUT2D eigenvalue weighted by atomic mass is 15.3. The lowest BCUT2D eigenvalue weighted by molar-refractivity contribution is 0.273. The molecule has 0 amide bonds. The predicted octanol–water partition coefficient (Wildman–Crippen LogP) is 2.77. The Bertz CT molecular complexity index is 428. The molecule has 0 bridgehead atoms. The molecule has 3 rings (SSSR count). The normalized spacial score (nSPS) is 25.3. The number of fused-ring (bicyclic) bond motifs is 1. The second-order valence-corrected chi connectivity index (χ2v) is 6.24. The van der Waals surface area contributed by atoms with Crippen LogP contribution >= 0.6 is 0 Å². The molecule has 1 unspecified atom stereocenters. The highest BCUT2D eigenvalue weighted by Crippen LogP contribution is 2.26. The third kappa shape index (κ3) is 2.84. The van der Waals surface area contributed by atoms with E-state index < -0.39 is 0 Å². The van der Waals surface area contributed by atoms with Crippen LogP contribution in [-0.2, 0) is 0 Å². The Morgan fingerprint density at radius 3 is 2.65 bits per heavy atom. The van der Waals surface area contributed by atoms with E-state index in [1.807, 2.05) is 0 Å². The van der Waals surface area contributed by atoms with Crippen molar-refractivity contribution in [3.63, 3.8) is 0 Å². The average Bonchev–Trinajstić information content (AvgIpc) is 2.83. The van der Waals surface area contributed by atoms with Gasteiger partial charge in [-0.15, -0.1) is 0 Å². The van der Waals surface area contributed by atoms with Gasteiger partial charge in [0.05, 0.1) is 0 Å². The smallest absolute Gasteiger partial charge is 0.0366 e. The summed E-state index contributed by atoms with van der Waals surface area (Å²) in [4.78, 5) is 5.25. The fourth-order valence-corrected chi connectivity index (χ4v) is 3.61. The first-order valence-electron chi connectivity index (χ1n) is 8.12. The Hall–Kier alpha value is -1.06. The molecule has 0 saturated carbocycles. The second-order valence-electron chi connectivity index (χ2n) is 6.24.